The first-order valence-electron chi connectivity index (χ1n) is 7.78. The molecule has 3 heteroatoms. The van der Waals surface area contributed by atoms with Crippen LogP contribution in [0, 0.1) is 11.8 Å². The molecule has 1 aliphatic rings. The second-order valence-corrected chi connectivity index (χ2v) is 5.82. The average molecular weight is 256 g/mol. The number of hydrogen-bond acceptors (Lipinski definition) is 3. The molecule has 0 aromatic carbocycles. The van der Waals surface area contributed by atoms with E-state index in [-0.39, 0.29) is 6.10 Å². The number of likely N-dealkylation sites (N-methyl/N-ethyl adjacent to an activating group) is 1. The van der Waals surface area contributed by atoms with Crippen LogP contribution < -0.4 is 5.32 Å². The summed E-state index contributed by atoms with van der Waals surface area (Å²) in [5.41, 5.74) is 0. The maximum absolute atomic E-state index is 9.97. The van der Waals surface area contributed by atoms with Crippen LogP contribution in [0.2, 0.25) is 0 Å². The summed E-state index contributed by atoms with van der Waals surface area (Å²) < 4.78 is 0. The molecule has 0 bridgehead atoms. The Morgan fingerprint density at radius 1 is 1.22 bits per heavy atom. The van der Waals surface area contributed by atoms with Crippen molar-refractivity contribution < 1.29 is 5.11 Å². The Bertz CT molecular complexity index is 207. The molecule has 0 amide bonds. The zero-order chi connectivity index (χ0) is 13.4. The Balaban J connectivity index is 2.12. The highest BCUT2D eigenvalue weighted by atomic mass is 16.3. The quantitative estimate of drug-likeness (QED) is 0.698. The van der Waals surface area contributed by atoms with Gasteiger partial charge in [-0.05, 0) is 37.9 Å². The molecule has 0 spiro atoms. The fourth-order valence-electron chi connectivity index (χ4n) is 2.98. The van der Waals surface area contributed by atoms with Crippen molar-refractivity contribution in [3.8, 4) is 0 Å². The maximum atomic E-state index is 9.97. The Kier molecular flexibility index (Phi) is 7.87. The molecule has 2 N–H and O–H groups in total. The average Bonchev–Trinajstić information content (AvgIpc) is 2.38. The minimum Gasteiger partial charge on any atom is -0.390 e. The van der Waals surface area contributed by atoms with E-state index in [4.69, 9.17) is 0 Å². The van der Waals surface area contributed by atoms with Gasteiger partial charge in [-0.15, -0.1) is 0 Å². The first-order chi connectivity index (χ1) is 8.67. The first-order valence-corrected chi connectivity index (χ1v) is 7.78. The van der Waals surface area contributed by atoms with Crippen LogP contribution in [0.15, 0.2) is 0 Å². The number of rotatable bonds is 8. The lowest BCUT2D eigenvalue weighted by atomic mass is 9.80. The molecule has 3 atom stereocenters. The zero-order valence-electron chi connectivity index (χ0n) is 12.5. The summed E-state index contributed by atoms with van der Waals surface area (Å²) in [5.74, 6) is 1.67. The van der Waals surface area contributed by atoms with Crippen molar-refractivity contribution in [3.63, 3.8) is 0 Å². The monoisotopic (exact) mass is 256 g/mol. The third kappa shape index (κ3) is 5.68. The molecule has 0 heterocycles. The van der Waals surface area contributed by atoms with Crippen LogP contribution in [0.25, 0.3) is 0 Å². The molecule has 3 unspecified atom stereocenters. The molecule has 1 fully saturated rings. The van der Waals surface area contributed by atoms with Gasteiger partial charge in [-0.25, -0.2) is 0 Å². The largest absolute Gasteiger partial charge is 0.390 e. The van der Waals surface area contributed by atoms with Gasteiger partial charge in [-0.3, -0.25) is 0 Å². The van der Waals surface area contributed by atoms with E-state index >= 15 is 0 Å². The van der Waals surface area contributed by atoms with Crippen molar-refractivity contribution in [1.29, 1.82) is 0 Å². The second kappa shape index (κ2) is 8.89. The summed E-state index contributed by atoms with van der Waals surface area (Å²) in [4.78, 5) is 2.27. The van der Waals surface area contributed by atoms with Crippen LogP contribution in [-0.2, 0) is 0 Å². The van der Waals surface area contributed by atoms with E-state index in [0.717, 1.165) is 44.6 Å². The van der Waals surface area contributed by atoms with Gasteiger partial charge in [0.25, 0.3) is 0 Å². The normalized spacial score (nSPS) is 26.5. The number of aliphatic hydroxyl groups is 1. The third-order valence-electron chi connectivity index (χ3n) is 4.44. The predicted molar refractivity (Wildman–Crippen MR) is 77.8 cm³/mol. The Morgan fingerprint density at radius 2 is 1.89 bits per heavy atom. The van der Waals surface area contributed by atoms with E-state index in [9.17, 15) is 5.11 Å². The highest BCUT2D eigenvalue weighted by Gasteiger charge is 2.20. The van der Waals surface area contributed by atoms with E-state index in [0.29, 0.717) is 0 Å². The predicted octanol–water partition coefficient (Wildman–Crippen LogP) is 2.10. The Labute approximate surface area is 113 Å². The standard InChI is InChI=1S/C15H32N2O/c1-4-17(5-2)12-15(18)11-16-10-14-9-7-6-8-13(14)3/h13-16,18H,4-12H2,1-3H3. The molecule has 0 aromatic rings. The number of aliphatic hydroxyl groups excluding tert-OH is 1. The molecule has 3 nitrogen and oxygen atoms in total. The van der Waals surface area contributed by atoms with Crippen LogP contribution in [0.5, 0.6) is 0 Å². The van der Waals surface area contributed by atoms with E-state index in [1.165, 1.54) is 25.7 Å². The number of nitrogens with zero attached hydrogens (tertiary/aromatic N) is 1. The number of nitrogens with one attached hydrogen (secondary N) is 1. The summed E-state index contributed by atoms with van der Waals surface area (Å²) in [6, 6.07) is 0. The molecule has 1 rings (SSSR count). The molecule has 1 saturated carbocycles. The van der Waals surface area contributed by atoms with Crippen LogP contribution in [-0.4, -0.2) is 48.8 Å². The fourth-order valence-corrected chi connectivity index (χ4v) is 2.98. The summed E-state index contributed by atoms with van der Waals surface area (Å²) in [5, 5.41) is 13.4. The van der Waals surface area contributed by atoms with Gasteiger partial charge in [0.1, 0.15) is 0 Å². The molecule has 0 aliphatic heterocycles. The maximum Gasteiger partial charge on any atom is 0.0791 e. The lowest BCUT2D eigenvalue weighted by Crippen LogP contribution is -2.40. The van der Waals surface area contributed by atoms with Crippen LogP contribution >= 0.6 is 0 Å². The molecule has 108 valence electrons. The summed E-state index contributed by atoms with van der Waals surface area (Å²) in [6.45, 7) is 11.3. The van der Waals surface area contributed by atoms with Crippen molar-refractivity contribution in [1.82, 2.24) is 10.2 Å². The summed E-state index contributed by atoms with van der Waals surface area (Å²) in [7, 11) is 0. The molecule has 0 saturated heterocycles. The van der Waals surface area contributed by atoms with Gasteiger partial charge in [0, 0.05) is 13.1 Å². The molecular formula is C15H32N2O. The van der Waals surface area contributed by atoms with Crippen molar-refractivity contribution in [2.45, 2.75) is 52.6 Å². The van der Waals surface area contributed by atoms with E-state index < -0.39 is 0 Å². The van der Waals surface area contributed by atoms with Crippen molar-refractivity contribution in [2.24, 2.45) is 11.8 Å². The number of hydrogen-bond donors (Lipinski definition) is 2. The summed E-state index contributed by atoms with van der Waals surface area (Å²) in [6.07, 6.45) is 5.30. The van der Waals surface area contributed by atoms with Crippen LogP contribution in [0.1, 0.15) is 46.5 Å². The van der Waals surface area contributed by atoms with Gasteiger partial charge in [-0.1, -0.05) is 40.0 Å². The molecule has 0 radical (unpaired) electrons. The van der Waals surface area contributed by atoms with Gasteiger partial charge < -0.3 is 15.3 Å². The van der Waals surface area contributed by atoms with Crippen LogP contribution in [0.3, 0.4) is 0 Å². The van der Waals surface area contributed by atoms with Crippen molar-refractivity contribution in [3.05, 3.63) is 0 Å². The molecule has 18 heavy (non-hydrogen) atoms. The SMILES string of the molecule is CCN(CC)CC(O)CNCC1CCCCC1C. The lowest BCUT2D eigenvalue weighted by molar-refractivity contribution is 0.113. The highest BCUT2D eigenvalue weighted by molar-refractivity contribution is 4.75. The smallest absolute Gasteiger partial charge is 0.0791 e. The minimum absolute atomic E-state index is 0.233. The second-order valence-electron chi connectivity index (χ2n) is 5.82. The third-order valence-corrected chi connectivity index (χ3v) is 4.44. The van der Waals surface area contributed by atoms with Gasteiger partial charge in [0.05, 0.1) is 6.10 Å². The van der Waals surface area contributed by atoms with Crippen molar-refractivity contribution in [2.75, 3.05) is 32.7 Å². The van der Waals surface area contributed by atoms with E-state index in [1.807, 2.05) is 0 Å². The van der Waals surface area contributed by atoms with Gasteiger partial charge in [0.15, 0.2) is 0 Å². The Hall–Kier alpha value is -0.120. The first kappa shape index (κ1) is 15.9. The highest BCUT2D eigenvalue weighted by Crippen LogP contribution is 2.28. The lowest BCUT2D eigenvalue weighted by Gasteiger charge is -2.29. The molecule has 0 aromatic heterocycles. The van der Waals surface area contributed by atoms with Crippen molar-refractivity contribution >= 4 is 0 Å². The minimum atomic E-state index is -0.233. The van der Waals surface area contributed by atoms with Gasteiger partial charge in [0.2, 0.25) is 0 Å². The zero-order valence-corrected chi connectivity index (χ0v) is 12.5. The van der Waals surface area contributed by atoms with Crippen LogP contribution in [0.4, 0.5) is 0 Å². The fraction of sp³-hybridized carbons (Fsp3) is 1.00. The van der Waals surface area contributed by atoms with E-state index in [1.54, 1.807) is 0 Å². The molecular weight excluding hydrogens is 224 g/mol. The summed E-state index contributed by atoms with van der Waals surface area (Å²) >= 11 is 0. The topological polar surface area (TPSA) is 35.5 Å². The van der Waals surface area contributed by atoms with E-state index in [2.05, 4.69) is 31.0 Å². The van der Waals surface area contributed by atoms with Gasteiger partial charge >= 0.3 is 0 Å². The Morgan fingerprint density at radius 3 is 2.50 bits per heavy atom. The molecule has 1 aliphatic carbocycles. The van der Waals surface area contributed by atoms with Gasteiger partial charge in [-0.2, -0.15) is 0 Å².